The molecule has 6 heteroatoms. The monoisotopic (exact) mass is 276 g/mol. The van der Waals surface area contributed by atoms with Crippen LogP contribution in [0, 0.1) is 5.41 Å². The van der Waals surface area contributed by atoms with Crippen LogP contribution in [0.4, 0.5) is 5.82 Å². The second kappa shape index (κ2) is 4.94. The molecule has 0 unspecified atom stereocenters. The van der Waals surface area contributed by atoms with Crippen molar-refractivity contribution in [3.05, 3.63) is 10.4 Å². The van der Waals surface area contributed by atoms with Crippen molar-refractivity contribution in [3.63, 3.8) is 0 Å². The molecule has 0 fully saturated rings. The van der Waals surface area contributed by atoms with Gasteiger partial charge in [-0.1, -0.05) is 32.4 Å². The van der Waals surface area contributed by atoms with Crippen molar-refractivity contribution < 1.29 is 0 Å². The predicted molar refractivity (Wildman–Crippen MR) is 71.6 cm³/mol. The van der Waals surface area contributed by atoms with E-state index in [1.807, 2.05) is 0 Å². The minimum atomic E-state index is -0.152. The Morgan fingerprint density at radius 3 is 2.18 bits per heavy atom. The Bertz CT molecular complexity index is 399. The van der Waals surface area contributed by atoms with Gasteiger partial charge in [0.05, 0.1) is 0 Å². The van der Waals surface area contributed by atoms with Crippen LogP contribution in [0.3, 0.4) is 0 Å². The van der Waals surface area contributed by atoms with Gasteiger partial charge in [-0.3, -0.25) is 0 Å². The summed E-state index contributed by atoms with van der Waals surface area (Å²) in [7, 11) is 0. The highest BCUT2D eigenvalue weighted by Gasteiger charge is 2.26. The minimum absolute atomic E-state index is 0.0865. The van der Waals surface area contributed by atoms with Gasteiger partial charge in [-0.25, -0.2) is 0 Å². The highest BCUT2D eigenvalue weighted by Crippen LogP contribution is 2.30. The normalized spacial score (nSPS) is 12.6. The zero-order chi connectivity index (χ0) is 13.3. The Morgan fingerprint density at radius 1 is 1.06 bits per heavy atom. The van der Waals surface area contributed by atoms with Gasteiger partial charge in [0.1, 0.15) is 0 Å². The van der Waals surface area contributed by atoms with Crippen molar-refractivity contribution in [1.29, 1.82) is 0 Å². The standard InChI is InChI=1S/C11H18Cl2N4/c1-10(2,3)6-11(4,5)15-8-7(12)16-17-9(13)14-8/h6H2,1-5H3,(H,14,15,17). The Hall–Kier alpha value is -0.610. The first kappa shape index (κ1) is 14.5. The van der Waals surface area contributed by atoms with Crippen LogP contribution in [0.2, 0.25) is 10.4 Å². The van der Waals surface area contributed by atoms with E-state index in [1.165, 1.54) is 0 Å². The lowest BCUT2D eigenvalue weighted by Crippen LogP contribution is -2.36. The van der Waals surface area contributed by atoms with Crippen molar-refractivity contribution in [1.82, 2.24) is 15.2 Å². The van der Waals surface area contributed by atoms with Gasteiger partial charge >= 0.3 is 0 Å². The molecular formula is C11H18Cl2N4. The average molecular weight is 277 g/mol. The molecule has 0 spiro atoms. The van der Waals surface area contributed by atoms with Gasteiger partial charge in [0.25, 0.3) is 0 Å². The molecule has 0 aliphatic carbocycles. The van der Waals surface area contributed by atoms with Gasteiger partial charge in [0, 0.05) is 5.54 Å². The van der Waals surface area contributed by atoms with Gasteiger partial charge < -0.3 is 5.32 Å². The Morgan fingerprint density at radius 2 is 1.65 bits per heavy atom. The third-order valence-electron chi connectivity index (χ3n) is 2.05. The molecule has 4 nitrogen and oxygen atoms in total. The summed E-state index contributed by atoms with van der Waals surface area (Å²) in [4.78, 5) is 4.04. The van der Waals surface area contributed by atoms with Crippen LogP contribution >= 0.6 is 23.2 Å². The summed E-state index contributed by atoms with van der Waals surface area (Å²) in [5.74, 6) is 0.473. The van der Waals surface area contributed by atoms with E-state index in [2.05, 4.69) is 55.1 Å². The molecule has 17 heavy (non-hydrogen) atoms. The lowest BCUT2D eigenvalue weighted by Gasteiger charge is -2.33. The summed E-state index contributed by atoms with van der Waals surface area (Å²) in [6, 6.07) is 0. The molecule has 0 bridgehead atoms. The van der Waals surface area contributed by atoms with Crippen LogP contribution in [-0.2, 0) is 0 Å². The first-order valence-corrected chi connectivity index (χ1v) is 6.19. The van der Waals surface area contributed by atoms with E-state index in [1.54, 1.807) is 0 Å². The zero-order valence-electron chi connectivity index (χ0n) is 10.8. The third-order valence-corrected chi connectivity index (χ3v) is 2.46. The van der Waals surface area contributed by atoms with E-state index < -0.39 is 0 Å². The van der Waals surface area contributed by atoms with E-state index in [4.69, 9.17) is 23.2 Å². The number of anilines is 1. The molecule has 1 aromatic rings. The smallest absolute Gasteiger partial charge is 0.245 e. The number of hydrogen-bond acceptors (Lipinski definition) is 4. The molecule has 1 N–H and O–H groups in total. The van der Waals surface area contributed by atoms with Crippen LogP contribution in [0.1, 0.15) is 41.0 Å². The first-order chi connectivity index (χ1) is 7.59. The van der Waals surface area contributed by atoms with Crippen molar-refractivity contribution in [3.8, 4) is 0 Å². The molecule has 1 rings (SSSR count). The van der Waals surface area contributed by atoms with Crippen LogP contribution in [0.25, 0.3) is 0 Å². The maximum atomic E-state index is 5.92. The number of aromatic nitrogens is 3. The molecule has 1 aromatic heterocycles. The van der Waals surface area contributed by atoms with Crippen LogP contribution in [0.15, 0.2) is 0 Å². The van der Waals surface area contributed by atoms with Crippen LogP contribution in [-0.4, -0.2) is 20.7 Å². The van der Waals surface area contributed by atoms with E-state index in [9.17, 15) is 0 Å². The Kier molecular flexibility index (Phi) is 4.20. The fourth-order valence-corrected chi connectivity index (χ4v) is 2.31. The molecule has 1 heterocycles. The van der Waals surface area contributed by atoms with Gasteiger partial charge in [0.15, 0.2) is 11.0 Å². The minimum Gasteiger partial charge on any atom is -0.362 e. The molecule has 0 amide bonds. The topological polar surface area (TPSA) is 50.7 Å². The molecular weight excluding hydrogens is 259 g/mol. The van der Waals surface area contributed by atoms with E-state index in [0.29, 0.717) is 5.82 Å². The first-order valence-electron chi connectivity index (χ1n) is 5.43. The quantitative estimate of drug-likeness (QED) is 0.912. The average Bonchev–Trinajstić information content (AvgIpc) is 2.06. The summed E-state index contributed by atoms with van der Waals surface area (Å²) >= 11 is 11.6. The van der Waals surface area contributed by atoms with Gasteiger partial charge in [-0.05, 0) is 37.3 Å². The molecule has 0 aliphatic heterocycles. The van der Waals surface area contributed by atoms with Crippen LogP contribution < -0.4 is 5.32 Å². The van der Waals surface area contributed by atoms with E-state index in [0.717, 1.165) is 6.42 Å². The largest absolute Gasteiger partial charge is 0.362 e. The highest BCUT2D eigenvalue weighted by atomic mass is 35.5. The third kappa shape index (κ3) is 5.04. The zero-order valence-corrected chi connectivity index (χ0v) is 12.3. The number of nitrogens with one attached hydrogen (secondary N) is 1. The molecule has 0 saturated heterocycles. The Labute approximate surface area is 112 Å². The van der Waals surface area contributed by atoms with Crippen molar-refractivity contribution >= 4 is 29.0 Å². The molecule has 0 aromatic carbocycles. The molecule has 0 atom stereocenters. The van der Waals surface area contributed by atoms with Gasteiger partial charge in [-0.15, -0.1) is 10.2 Å². The fraction of sp³-hybridized carbons (Fsp3) is 0.727. The second-order valence-electron chi connectivity index (χ2n) is 5.97. The van der Waals surface area contributed by atoms with E-state index in [-0.39, 0.29) is 21.4 Å². The SMILES string of the molecule is CC(C)(C)CC(C)(C)Nc1nc(Cl)nnc1Cl. The fourth-order valence-electron chi connectivity index (χ4n) is 2.06. The molecule has 96 valence electrons. The molecule has 0 saturated carbocycles. The lowest BCUT2D eigenvalue weighted by molar-refractivity contribution is 0.302. The van der Waals surface area contributed by atoms with E-state index >= 15 is 0 Å². The lowest BCUT2D eigenvalue weighted by atomic mass is 9.82. The maximum Gasteiger partial charge on any atom is 0.245 e. The number of rotatable bonds is 3. The molecule has 0 radical (unpaired) electrons. The second-order valence-corrected chi connectivity index (χ2v) is 6.66. The number of hydrogen-bond donors (Lipinski definition) is 1. The van der Waals surface area contributed by atoms with Crippen molar-refractivity contribution in [2.24, 2.45) is 5.41 Å². The number of nitrogens with zero attached hydrogens (tertiary/aromatic N) is 3. The van der Waals surface area contributed by atoms with Crippen molar-refractivity contribution in [2.45, 2.75) is 46.6 Å². The molecule has 0 aliphatic rings. The summed E-state index contributed by atoms with van der Waals surface area (Å²) < 4.78 is 0. The van der Waals surface area contributed by atoms with Gasteiger partial charge in [0.2, 0.25) is 5.28 Å². The number of halogens is 2. The maximum absolute atomic E-state index is 5.92. The van der Waals surface area contributed by atoms with Crippen LogP contribution in [0.5, 0.6) is 0 Å². The summed E-state index contributed by atoms with van der Waals surface area (Å²) in [5.41, 5.74) is 0.0501. The van der Waals surface area contributed by atoms with Crippen molar-refractivity contribution in [2.75, 3.05) is 5.32 Å². The highest BCUT2D eigenvalue weighted by molar-refractivity contribution is 6.32. The summed E-state index contributed by atoms with van der Waals surface area (Å²) in [6.07, 6.45) is 0.956. The summed E-state index contributed by atoms with van der Waals surface area (Å²) in [6.45, 7) is 10.7. The summed E-state index contributed by atoms with van der Waals surface area (Å²) in [5, 5.41) is 10.9. The predicted octanol–water partition coefficient (Wildman–Crippen LogP) is 3.81. The van der Waals surface area contributed by atoms with Gasteiger partial charge in [-0.2, -0.15) is 4.98 Å². The Balaban J connectivity index is 2.86.